The fourth-order valence-electron chi connectivity index (χ4n) is 1.87. The normalized spacial score (nSPS) is 12.4. The van der Waals surface area contributed by atoms with E-state index in [0.717, 1.165) is 11.3 Å². The number of aliphatic carboxylic acids is 1. The van der Waals surface area contributed by atoms with Crippen LogP contribution in [0.15, 0.2) is 24.4 Å². The smallest absolute Gasteiger partial charge is 0.305 e. The van der Waals surface area contributed by atoms with E-state index in [1.807, 2.05) is 19.1 Å². The highest BCUT2D eigenvalue weighted by atomic mass is 16.4. The van der Waals surface area contributed by atoms with Gasteiger partial charge in [-0.2, -0.15) is 0 Å². The third-order valence-electron chi connectivity index (χ3n) is 3.16. The van der Waals surface area contributed by atoms with E-state index in [1.54, 1.807) is 6.20 Å². The minimum atomic E-state index is -0.934. The fraction of sp³-hybridized carbons (Fsp3) is 0.286. The van der Waals surface area contributed by atoms with Crippen LogP contribution in [0.3, 0.4) is 0 Å². The summed E-state index contributed by atoms with van der Waals surface area (Å²) in [6, 6.07) is 5.50. The van der Waals surface area contributed by atoms with Gasteiger partial charge in [0.2, 0.25) is 0 Å². The van der Waals surface area contributed by atoms with E-state index in [-0.39, 0.29) is 6.42 Å². The summed E-state index contributed by atoms with van der Waals surface area (Å²) in [5, 5.41) is 8.71. The number of rotatable bonds is 4. The molecule has 0 aliphatic carbocycles. The molecular weight excluding hydrogens is 242 g/mol. The number of benzene rings is 1. The fourth-order valence-corrected chi connectivity index (χ4v) is 1.87. The van der Waals surface area contributed by atoms with Crippen molar-refractivity contribution in [3.63, 3.8) is 0 Å². The number of aryl methyl sites for hydroxylation is 2. The molecule has 0 bridgehead atoms. The minimum Gasteiger partial charge on any atom is -0.481 e. The Kier molecular flexibility index (Phi) is 3.66. The van der Waals surface area contributed by atoms with Crippen LogP contribution in [0.25, 0.3) is 11.3 Å². The molecule has 100 valence electrons. The first-order valence-electron chi connectivity index (χ1n) is 6.07. The van der Waals surface area contributed by atoms with Crippen LogP contribution < -0.4 is 5.73 Å². The van der Waals surface area contributed by atoms with Crippen molar-refractivity contribution in [3.05, 3.63) is 41.3 Å². The average Bonchev–Trinajstić information content (AvgIpc) is 2.81. The number of nitrogens with one attached hydrogen (secondary N) is 1. The molecule has 0 amide bonds. The second-order valence-corrected chi connectivity index (χ2v) is 4.69. The molecule has 1 atom stereocenters. The van der Waals surface area contributed by atoms with Crippen LogP contribution in [0.5, 0.6) is 0 Å². The van der Waals surface area contributed by atoms with E-state index < -0.39 is 12.0 Å². The standard InChI is InChI=1S/C14H17N3O2/c1-8-3-4-10(5-9(8)2)12-7-16-14(17-12)11(15)6-13(18)19/h3-5,7,11H,6,15H2,1-2H3,(H,16,17)(H,18,19). The number of aromatic amines is 1. The van der Waals surface area contributed by atoms with Gasteiger partial charge in [-0.1, -0.05) is 12.1 Å². The number of carbonyl (C=O) groups is 1. The van der Waals surface area contributed by atoms with E-state index in [4.69, 9.17) is 10.8 Å². The second-order valence-electron chi connectivity index (χ2n) is 4.69. The molecule has 4 N–H and O–H groups in total. The summed E-state index contributed by atoms with van der Waals surface area (Å²) in [6.45, 7) is 4.10. The third-order valence-corrected chi connectivity index (χ3v) is 3.16. The molecule has 5 nitrogen and oxygen atoms in total. The van der Waals surface area contributed by atoms with Gasteiger partial charge in [0.15, 0.2) is 0 Å². The average molecular weight is 259 g/mol. The summed E-state index contributed by atoms with van der Waals surface area (Å²) >= 11 is 0. The van der Waals surface area contributed by atoms with Crippen LogP contribution in [0.2, 0.25) is 0 Å². The molecule has 0 saturated carbocycles. The van der Waals surface area contributed by atoms with E-state index in [9.17, 15) is 4.79 Å². The first-order valence-corrected chi connectivity index (χ1v) is 6.07. The van der Waals surface area contributed by atoms with E-state index in [2.05, 4.69) is 23.0 Å². The van der Waals surface area contributed by atoms with Crippen molar-refractivity contribution in [1.29, 1.82) is 0 Å². The highest BCUT2D eigenvalue weighted by molar-refractivity contribution is 5.67. The van der Waals surface area contributed by atoms with E-state index in [0.29, 0.717) is 5.82 Å². The zero-order valence-corrected chi connectivity index (χ0v) is 11.0. The Balaban J connectivity index is 2.25. The lowest BCUT2D eigenvalue weighted by Crippen LogP contribution is -2.16. The lowest BCUT2D eigenvalue weighted by molar-refractivity contribution is -0.137. The molecule has 1 unspecified atom stereocenters. The Bertz CT molecular complexity index is 604. The molecule has 19 heavy (non-hydrogen) atoms. The number of hydrogen-bond donors (Lipinski definition) is 3. The maximum atomic E-state index is 10.6. The Morgan fingerprint density at radius 2 is 2.16 bits per heavy atom. The largest absolute Gasteiger partial charge is 0.481 e. The number of imidazole rings is 1. The van der Waals surface area contributed by atoms with Crippen molar-refractivity contribution in [2.24, 2.45) is 5.73 Å². The Morgan fingerprint density at radius 3 is 2.79 bits per heavy atom. The van der Waals surface area contributed by atoms with Crippen molar-refractivity contribution >= 4 is 5.97 Å². The summed E-state index contributed by atoms with van der Waals surface area (Å²) in [5.41, 5.74) is 10.1. The zero-order chi connectivity index (χ0) is 14.0. The molecular formula is C14H17N3O2. The first kappa shape index (κ1) is 13.3. The number of H-pyrrole nitrogens is 1. The van der Waals surface area contributed by atoms with Crippen LogP contribution in [-0.4, -0.2) is 21.0 Å². The molecule has 0 radical (unpaired) electrons. The van der Waals surface area contributed by atoms with Crippen LogP contribution >= 0.6 is 0 Å². The number of hydrogen-bond acceptors (Lipinski definition) is 3. The molecule has 0 saturated heterocycles. The van der Waals surface area contributed by atoms with Gasteiger partial charge in [-0.05, 0) is 36.6 Å². The van der Waals surface area contributed by atoms with Crippen molar-refractivity contribution in [2.45, 2.75) is 26.3 Å². The molecule has 1 aromatic heterocycles. The molecule has 0 spiro atoms. The van der Waals surface area contributed by atoms with Crippen molar-refractivity contribution in [1.82, 2.24) is 9.97 Å². The monoisotopic (exact) mass is 259 g/mol. The van der Waals surface area contributed by atoms with Gasteiger partial charge in [0, 0.05) is 0 Å². The van der Waals surface area contributed by atoms with Crippen molar-refractivity contribution in [3.8, 4) is 11.3 Å². The second kappa shape index (κ2) is 5.24. The summed E-state index contributed by atoms with van der Waals surface area (Å²) < 4.78 is 0. The van der Waals surface area contributed by atoms with Gasteiger partial charge in [-0.25, -0.2) is 4.98 Å². The predicted octanol–water partition coefficient (Wildman–Crippen LogP) is 2.17. The van der Waals surface area contributed by atoms with Crippen LogP contribution in [0, 0.1) is 13.8 Å². The minimum absolute atomic E-state index is 0.139. The first-order chi connectivity index (χ1) is 8.97. The van der Waals surface area contributed by atoms with Crippen LogP contribution in [-0.2, 0) is 4.79 Å². The molecule has 0 aliphatic rings. The molecule has 2 rings (SSSR count). The van der Waals surface area contributed by atoms with Gasteiger partial charge < -0.3 is 15.8 Å². The summed E-state index contributed by atoms with van der Waals surface area (Å²) in [6.07, 6.45) is 1.54. The van der Waals surface area contributed by atoms with Crippen molar-refractivity contribution in [2.75, 3.05) is 0 Å². The predicted molar refractivity (Wildman–Crippen MR) is 72.7 cm³/mol. The molecule has 5 heteroatoms. The number of carboxylic acid groups (broad SMARTS) is 1. The molecule has 2 aromatic rings. The van der Waals surface area contributed by atoms with Gasteiger partial charge in [0.1, 0.15) is 5.82 Å². The van der Waals surface area contributed by atoms with E-state index >= 15 is 0 Å². The maximum Gasteiger partial charge on any atom is 0.305 e. The van der Waals surface area contributed by atoms with E-state index in [1.165, 1.54) is 11.1 Å². The quantitative estimate of drug-likeness (QED) is 0.784. The molecule has 1 aromatic carbocycles. The van der Waals surface area contributed by atoms with Gasteiger partial charge in [-0.15, -0.1) is 0 Å². The number of nitrogens with two attached hydrogens (primary N) is 1. The van der Waals surface area contributed by atoms with Gasteiger partial charge in [0.25, 0.3) is 0 Å². The summed E-state index contributed by atoms with van der Waals surface area (Å²) in [5.74, 6) is -0.438. The molecule has 0 fully saturated rings. The lowest BCUT2D eigenvalue weighted by Gasteiger charge is -2.05. The number of nitrogens with zero attached hydrogens (tertiary/aromatic N) is 1. The van der Waals surface area contributed by atoms with Crippen molar-refractivity contribution < 1.29 is 9.90 Å². The Hall–Kier alpha value is -2.14. The third kappa shape index (κ3) is 3.00. The van der Waals surface area contributed by atoms with Crippen LogP contribution in [0.1, 0.15) is 29.4 Å². The Labute approximate surface area is 111 Å². The lowest BCUT2D eigenvalue weighted by atomic mass is 10.0. The van der Waals surface area contributed by atoms with Gasteiger partial charge >= 0.3 is 5.97 Å². The summed E-state index contributed by atoms with van der Waals surface area (Å²) in [7, 11) is 0. The number of aromatic nitrogens is 2. The van der Waals surface area contributed by atoms with Crippen LogP contribution in [0.4, 0.5) is 0 Å². The number of carboxylic acids is 1. The topological polar surface area (TPSA) is 92.0 Å². The van der Waals surface area contributed by atoms with Gasteiger partial charge in [-0.3, -0.25) is 4.79 Å². The molecule has 0 aliphatic heterocycles. The summed E-state index contributed by atoms with van der Waals surface area (Å²) in [4.78, 5) is 17.9. The maximum absolute atomic E-state index is 10.6. The highest BCUT2D eigenvalue weighted by Gasteiger charge is 2.14. The van der Waals surface area contributed by atoms with Gasteiger partial charge in [0.05, 0.1) is 24.4 Å². The Morgan fingerprint density at radius 1 is 1.42 bits per heavy atom. The molecule has 1 heterocycles. The zero-order valence-electron chi connectivity index (χ0n) is 11.0. The highest BCUT2D eigenvalue weighted by Crippen LogP contribution is 2.22. The SMILES string of the molecule is Cc1ccc(-c2cnc(C(N)CC(=O)O)[nH]2)cc1C.